The maximum absolute atomic E-state index is 11.6. The first-order valence-corrected chi connectivity index (χ1v) is 9.13. The lowest BCUT2D eigenvalue weighted by molar-refractivity contribution is 0.122. The van der Waals surface area contributed by atoms with E-state index in [4.69, 9.17) is 13.1 Å². The Labute approximate surface area is 152 Å². The Morgan fingerprint density at radius 1 is 1.04 bits per heavy atom. The molecule has 0 saturated carbocycles. The third-order valence-corrected chi connectivity index (χ3v) is 4.21. The Kier molecular flexibility index (Phi) is 8.20. The summed E-state index contributed by atoms with van der Waals surface area (Å²) in [6, 6.07) is 18.0. The van der Waals surface area contributed by atoms with Crippen molar-refractivity contribution in [3.05, 3.63) is 54.6 Å². The molecule has 0 saturated heterocycles. The summed E-state index contributed by atoms with van der Waals surface area (Å²) in [6.07, 6.45) is 0.348. The third-order valence-electron chi connectivity index (χ3n) is 3.47. The molecule has 2 rings (SSSR count). The molecule has 0 aliphatic carbocycles. The van der Waals surface area contributed by atoms with Gasteiger partial charge in [0.25, 0.3) is 0 Å². The first-order chi connectivity index (χ1) is 12.2. The van der Waals surface area contributed by atoms with Crippen LogP contribution in [0.5, 0.6) is 5.75 Å². The molecule has 25 heavy (non-hydrogen) atoms. The van der Waals surface area contributed by atoms with Crippen molar-refractivity contribution in [2.75, 3.05) is 13.2 Å². The van der Waals surface area contributed by atoms with E-state index in [0.717, 1.165) is 16.9 Å². The summed E-state index contributed by atoms with van der Waals surface area (Å²) in [7, 11) is 0. The molecule has 5 heteroatoms. The van der Waals surface area contributed by atoms with E-state index in [2.05, 4.69) is 24.0 Å². The summed E-state index contributed by atoms with van der Waals surface area (Å²) >= 11 is -1.82. The normalized spacial score (nSPS) is 12.7. The predicted molar refractivity (Wildman–Crippen MR) is 100 cm³/mol. The molecule has 0 radical (unpaired) electrons. The van der Waals surface area contributed by atoms with Crippen LogP contribution in [0.1, 0.15) is 20.3 Å². The Balaban J connectivity index is 1.84. The molecule has 0 aliphatic rings. The molecule has 132 valence electrons. The standard InChI is InChI=1S/C20H22O4S/c1-3-5-15-23-25(21)24-19(4-2)16-22-20-13-11-18(12-14-20)17-9-7-6-8-10-17/h6-14,19H,4,15-16H2,1-2H3. The average Bonchev–Trinajstić information content (AvgIpc) is 2.66. The first-order valence-electron chi connectivity index (χ1n) is 8.13. The maximum atomic E-state index is 11.6. The van der Waals surface area contributed by atoms with Gasteiger partial charge in [0.15, 0.2) is 0 Å². The van der Waals surface area contributed by atoms with Gasteiger partial charge in [-0.3, -0.25) is 8.37 Å². The van der Waals surface area contributed by atoms with Gasteiger partial charge in [0.2, 0.25) is 0 Å². The predicted octanol–water partition coefficient (Wildman–Crippen LogP) is 4.15. The molecule has 0 aliphatic heterocycles. The summed E-state index contributed by atoms with van der Waals surface area (Å²) in [6.45, 7) is 4.02. The molecule has 0 bridgehead atoms. The minimum absolute atomic E-state index is 0.0847. The van der Waals surface area contributed by atoms with E-state index < -0.39 is 11.4 Å². The largest absolute Gasteiger partial charge is 0.491 e. The van der Waals surface area contributed by atoms with Gasteiger partial charge in [0.1, 0.15) is 25.1 Å². The van der Waals surface area contributed by atoms with Crippen LogP contribution in [0, 0.1) is 11.8 Å². The van der Waals surface area contributed by atoms with Crippen molar-refractivity contribution < 1.29 is 17.3 Å². The van der Waals surface area contributed by atoms with Crippen LogP contribution in [-0.2, 0) is 19.7 Å². The second kappa shape index (κ2) is 10.7. The van der Waals surface area contributed by atoms with Gasteiger partial charge in [-0.1, -0.05) is 55.3 Å². The summed E-state index contributed by atoms with van der Waals surface area (Å²) < 4.78 is 27.6. The lowest BCUT2D eigenvalue weighted by Crippen LogP contribution is -2.23. The van der Waals surface area contributed by atoms with Gasteiger partial charge in [0, 0.05) is 0 Å². The lowest BCUT2D eigenvalue weighted by Gasteiger charge is -2.15. The highest BCUT2D eigenvalue weighted by molar-refractivity contribution is 7.75. The van der Waals surface area contributed by atoms with Crippen LogP contribution in [0.2, 0.25) is 0 Å². The van der Waals surface area contributed by atoms with E-state index in [1.165, 1.54) is 0 Å². The van der Waals surface area contributed by atoms with Crippen LogP contribution in [0.3, 0.4) is 0 Å². The van der Waals surface area contributed by atoms with Gasteiger partial charge in [-0.2, -0.15) is 4.21 Å². The fourth-order valence-corrected chi connectivity index (χ4v) is 2.69. The minimum Gasteiger partial charge on any atom is -0.491 e. The monoisotopic (exact) mass is 358 g/mol. The zero-order valence-corrected chi connectivity index (χ0v) is 15.3. The van der Waals surface area contributed by atoms with Crippen molar-refractivity contribution >= 4 is 11.4 Å². The SMILES string of the molecule is CC#CCOS(=O)OC(CC)COc1ccc(-c2ccccc2)cc1. The Bertz CT molecular complexity index is 717. The summed E-state index contributed by atoms with van der Waals surface area (Å²) in [5.41, 5.74) is 2.29. The van der Waals surface area contributed by atoms with Crippen LogP contribution in [-0.4, -0.2) is 23.5 Å². The van der Waals surface area contributed by atoms with Crippen LogP contribution in [0.4, 0.5) is 0 Å². The summed E-state index contributed by atoms with van der Waals surface area (Å²) in [4.78, 5) is 0. The number of rotatable bonds is 9. The molecule has 0 N–H and O–H groups in total. The van der Waals surface area contributed by atoms with Gasteiger partial charge in [-0.15, -0.1) is 5.92 Å². The Hall–Kier alpha value is -2.13. The smallest absolute Gasteiger partial charge is 0.305 e. The second-order valence-corrected chi connectivity index (χ2v) is 6.06. The van der Waals surface area contributed by atoms with Gasteiger partial charge < -0.3 is 4.74 Å². The zero-order valence-electron chi connectivity index (χ0n) is 14.4. The molecule has 4 nitrogen and oxygen atoms in total. The molecule has 2 unspecified atom stereocenters. The first kappa shape index (κ1) is 19.2. The maximum Gasteiger partial charge on any atom is 0.305 e. The van der Waals surface area contributed by atoms with Gasteiger partial charge in [-0.25, -0.2) is 0 Å². The van der Waals surface area contributed by atoms with Crippen LogP contribution in [0.15, 0.2) is 54.6 Å². The van der Waals surface area contributed by atoms with E-state index in [0.29, 0.717) is 13.0 Å². The lowest BCUT2D eigenvalue weighted by atomic mass is 10.1. The number of benzene rings is 2. The number of hydrogen-bond donors (Lipinski definition) is 0. The zero-order chi connectivity index (χ0) is 17.9. The molecular formula is C20H22O4S. The highest BCUT2D eigenvalue weighted by Crippen LogP contribution is 2.22. The minimum atomic E-state index is -1.82. The van der Waals surface area contributed by atoms with Crippen LogP contribution in [0.25, 0.3) is 11.1 Å². The van der Waals surface area contributed by atoms with Crippen molar-refractivity contribution in [1.82, 2.24) is 0 Å². The fourth-order valence-electron chi connectivity index (χ4n) is 2.07. The van der Waals surface area contributed by atoms with E-state index in [1.54, 1.807) is 6.92 Å². The molecule has 0 amide bonds. The molecule has 2 atom stereocenters. The highest BCUT2D eigenvalue weighted by atomic mass is 32.2. The number of hydrogen-bond acceptors (Lipinski definition) is 4. The van der Waals surface area contributed by atoms with E-state index in [1.807, 2.05) is 49.4 Å². The summed E-state index contributed by atoms with van der Waals surface area (Å²) in [5.74, 6) is 6.08. The van der Waals surface area contributed by atoms with Gasteiger partial charge in [0.05, 0.1) is 0 Å². The van der Waals surface area contributed by atoms with Crippen molar-refractivity contribution in [2.24, 2.45) is 0 Å². The molecule has 0 spiro atoms. The van der Waals surface area contributed by atoms with Crippen molar-refractivity contribution in [2.45, 2.75) is 26.4 Å². The highest BCUT2D eigenvalue weighted by Gasteiger charge is 2.13. The molecule has 0 fully saturated rings. The quantitative estimate of drug-likeness (QED) is 0.632. The van der Waals surface area contributed by atoms with Gasteiger partial charge >= 0.3 is 11.4 Å². The number of ether oxygens (including phenoxy) is 1. The van der Waals surface area contributed by atoms with Gasteiger partial charge in [-0.05, 0) is 36.6 Å². The molecule has 0 heterocycles. The third kappa shape index (κ3) is 6.71. The molecule has 2 aromatic carbocycles. The Morgan fingerprint density at radius 2 is 1.72 bits per heavy atom. The average molecular weight is 358 g/mol. The fraction of sp³-hybridized carbons (Fsp3) is 0.300. The molecular weight excluding hydrogens is 336 g/mol. The van der Waals surface area contributed by atoms with Crippen LogP contribution < -0.4 is 4.74 Å². The molecule has 0 aromatic heterocycles. The molecule has 2 aromatic rings. The van der Waals surface area contributed by atoms with E-state index in [9.17, 15) is 4.21 Å². The van der Waals surface area contributed by atoms with Crippen molar-refractivity contribution in [3.8, 4) is 28.7 Å². The Morgan fingerprint density at radius 3 is 2.36 bits per heavy atom. The summed E-state index contributed by atoms with van der Waals surface area (Å²) in [5, 5.41) is 0. The van der Waals surface area contributed by atoms with Crippen molar-refractivity contribution in [1.29, 1.82) is 0 Å². The van der Waals surface area contributed by atoms with E-state index in [-0.39, 0.29) is 12.7 Å². The topological polar surface area (TPSA) is 44.8 Å². The van der Waals surface area contributed by atoms with E-state index >= 15 is 0 Å². The second-order valence-electron chi connectivity index (χ2n) is 5.22. The van der Waals surface area contributed by atoms with Crippen molar-refractivity contribution in [3.63, 3.8) is 0 Å². The van der Waals surface area contributed by atoms with Crippen LogP contribution >= 0.6 is 0 Å².